The number of nitrogens with zero attached hydrogens (tertiary/aromatic N) is 2. The van der Waals surface area contributed by atoms with Gasteiger partial charge in [0.25, 0.3) is 10.0 Å². The standard InChI is InChI=1S/C20H33BN2O6S2/c1-14-13-22(17(24)27-18(2,3)4)11-12-23(14)31(25,26)16-10-9-15(30-16)21-28-19(5,6)20(7,8)29-21/h9-10,14H,11-13H2,1-8H3/t14-/m0/s1. The minimum absolute atomic E-state index is 0.215. The van der Waals surface area contributed by atoms with Crippen molar-refractivity contribution in [2.45, 2.75) is 82.4 Å². The highest BCUT2D eigenvalue weighted by Crippen LogP contribution is 2.37. The first-order chi connectivity index (χ1) is 14.0. The fraction of sp³-hybridized carbons (Fsp3) is 0.750. The van der Waals surface area contributed by atoms with E-state index < -0.39 is 40.0 Å². The van der Waals surface area contributed by atoms with Crippen LogP contribution < -0.4 is 4.78 Å². The summed E-state index contributed by atoms with van der Waals surface area (Å²) >= 11 is 1.16. The molecule has 0 bridgehead atoms. The quantitative estimate of drug-likeness (QED) is 0.629. The summed E-state index contributed by atoms with van der Waals surface area (Å²) < 4.78 is 46.5. The number of ether oxygens (including phenoxy) is 1. The molecule has 0 N–H and O–H groups in total. The Morgan fingerprint density at radius 3 is 2.26 bits per heavy atom. The van der Waals surface area contributed by atoms with Crippen LogP contribution in [0.2, 0.25) is 0 Å². The Bertz CT molecular complexity index is 922. The van der Waals surface area contributed by atoms with Gasteiger partial charge in [0.05, 0.1) is 11.2 Å². The van der Waals surface area contributed by atoms with Gasteiger partial charge in [-0.15, -0.1) is 11.3 Å². The fourth-order valence-corrected chi connectivity index (χ4v) is 6.49. The van der Waals surface area contributed by atoms with Gasteiger partial charge >= 0.3 is 13.2 Å². The molecule has 0 saturated carbocycles. The number of piperazine rings is 1. The van der Waals surface area contributed by atoms with Crippen molar-refractivity contribution in [3.05, 3.63) is 12.1 Å². The third-order valence-corrected chi connectivity index (χ3v) is 9.46. The van der Waals surface area contributed by atoms with Gasteiger partial charge in [-0.3, -0.25) is 0 Å². The molecular weight excluding hydrogens is 439 g/mol. The maximum atomic E-state index is 13.3. The van der Waals surface area contributed by atoms with E-state index in [2.05, 4.69) is 0 Å². The van der Waals surface area contributed by atoms with Crippen molar-refractivity contribution in [1.29, 1.82) is 0 Å². The number of sulfonamides is 1. The summed E-state index contributed by atoms with van der Waals surface area (Å²) in [6.07, 6.45) is -0.421. The second-order valence-corrected chi connectivity index (χ2v) is 13.4. The first-order valence-corrected chi connectivity index (χ1v) is 12.7. The highest BCUT2D eigenvalue weighted by molar-refractivity contribution is 7.91. The molecule has 11 heteroatoms. The molecule has 1 aromatic heterocycles. The molecule has 0 aromatic carbocycles. The third kappa shape index (κ3) is 4.95. The second-order valence-electron chi connectivity index (χ2n) is 10.1. The maximum Gasteiger partial charge on any atom is 0.505 e. The second kappa shape index (κ2) is 8.02. The van der Waals surface area contributed by atoms with Crippen molar-refractivity contribution in [2.24, 2.45) is 0 Å². The molecule has 1 atom stereocenters. The van der Waals surface area contributed by atoms with E-state index in [1.165, 1.54) is 4.31 Å². The van der Waals surface area contributed by atoms with Crippen LogP contribution in [0.5, 0.6) is 0 Å². The summed E-state index contributed by atoms with van der Waals surface area (Å²) in [4.78, 5) is 13.9. The molecule has 3 rings (SSSR count). The van der Waals surface area contributed by atoms with E-state index in [4.69, 9.17) is 14.0 Å². The van der Waals surface area contributed by atoms with Crippen LogP contribution in [0, 0.1) is 0 Å². The van der Waals surface area contributed by atoms with Gasteiger partial charge < -0.3 is 18.9 Å². The molecule has 2 saturated heterocycles. The lowest BCUT2D eigenvalue weighted by molar-refractivity contribution is 0.00578. The number of hydrogen-bond donors (Lipinski definition) is 0. The highest BCUT2D eigenvalue weighted by atomic mass is 32.2. The zero-order valence-corrected chi connectivity index (χ0v) is 21.2. The summed E-state index contributed by atoms with van der Waals surface area (Å²) in [5.74, 6) is 0. The normalized spacial score (nSPS) is 24.5. The molecule has 8 nitrogen and oxygen atoms in total. The van der Waals surface area contributed by atoms with Crippen molar-refractivity contribution >= 4 is 39.3 Å². The highest BCUT2D eigenvalue weighted by Gasteiger charge is 2.52. The molecular formula is C20H33BN2O6S2. The molecule has 2 fully saturated rings. The van der Waals surface area contributed by atoms with E-state index in [1.807, 2.05) is 48.5 Å². The van der Waals surface area contributed by atoms with Gasteiger partial charge in [0, 0.05) is 30.5 Å². The van der Waals surface area contributed by atoms with Gasteiger partial charge in [-0.2, -0.15) is 4.31 Å². The van der Waals surface area contributed by atoms with Crippen LogP contribution in [0.3, 0.4) is 0 Å². The van der Waals surface area contributed by atoms with E-state index in [1.54, 1.807) is 24.0 Å². The first kappa shape index (κ1) is 24.5. The molecule has 1 aromatic rings. The van der Waals surface area contributed by atoms with Crippen LogP contribution in [0.1, 0.15) is 55.4 Å². The molecule has 0 unspecified atom stereocenters. The number of rotatable bonds is 3. The van der Waals surface area contributed by atoms with E-state index >= 15 is 0 Å². The van der Waals surface area contributed by atoms with Crippen LogP contribution in [-0.2, 0) is 24.1 Å². The Morgan fingerprint density at radius 1 is 1.16 bits per heavy atom. The molecule has 3 heterocycles. The SMILES string of the molecule is C[C@H]1CN(C(=O)OC(C)(C)C)CCN1S(=O)(=O)c1ccc(B2OC(C)(C)C(C)(C)O2)s1. The Labute approximate surface area is 190 Å². The topological polar surface area (TPSA) is 85.4 Å². The van der Waals surface area contributed by atoms with E-state index in [9.17, 15) is 13.2 Å². The van der Waals surface area contributed by atoms with Gasteiger partial charge in [0.1, 0.15) is 9.81 Å². The Hall–Kier alpha value is -1.14. The Morgan fingerprint density at radius 2 is 1.74 bits per heavy atom. The Balaban J connectivity index is 1.72. The zero-order chi connectivity index (χ0) is 23.4. The van der Waals surface area contributed by atoms with Crippen molar-refractivity contribution in [1.82, 2.24) is 9.21 Å². The largest absolute Gasteiger partial charge is 0.505 e. The first-order valence-electron chi connectivity index (χ1n) is 10.5. The van der Waals surface area contributed by atoms with Gasteiger partial charge in [0.2, 0.25) is 0 Å². The number of amides is 1. The lowest BCUT2D eigenvalue weighted by Gasteiger charge is -2.39. The summed E-state index contributed by atoms with van der Waals surface area (Å²) in [5.41, 5.74) is -1.58. The van der Waals surface area contributed by atoms with Crippen LogP contribution in [0.4, 0.5) is 4.79 Å². The predicted octanol–water partition coefficient (Wildman–Crippen LogP) is 2.68. The van der Waals surface area contributed by atoms with Gasteiger partial charge in [-0.05, 0) is 61.5 Å². The summed E-state index contributed by atoms with van der Waals surface area (Å²) in [5, 5.41) is 0. The van der Waals surface area contributed by atoms with Crippen LogP contribution in [0.15, 0.2) is 16.3 Å². The van der Waals surface area contributed by atoms with Crippen molar-refractivity contribution in [2.75, 3.05) is 19.6 Å². The number of carbonyl (C=O) groups is 1. The minimum Gasteiger partial charge on any atom is -0.444 e. The molecule has 2 aliphatic rings. The number of carbonyl (C=O) groups excluding carboxylic acids is 1. The fourth-order valence-electron chi connectivity index (χ4n) is 3.46. The smallest absolute Gasteiger partial charge is 0.444 e. The summed E-state index contributed by atoms with van der Waals surface area (Å²) in [6, 6.07) is 2.99. The maximum absolute atomic E-state index is 13.3. The number of thiophene rings is 1. The lowest BCUT2D eigenvalue weighted by Crippen LogP contribution is -2.55. The minimum atomic E-state index is -3.70. The van der Waals surface area contributed by atoms with Crippen molar-refractivity contribution in [3.63, 3.8) is 0 Å². The van der Waals surface area contributed by atoms with E-state index in [-0.39, 0.29) is 29.9 Å². The average molecular weight is 472 g/mol. The molecule has 2 aliphatic heterocycles. The van der Waals surface area contributed by atoms with Crippen LogP contribution >= 0.6 is 11.3 Å². The monoisotopic (exact) mass is 472 g/mol. The van der Waals surface area contributed by atoms with Gasteiger partial charge in [-0.1, -0.05) is 6.07 Å². The molecule has 0 aliphatic carbocycles. The van der Waals surface area contributed by atoms with Gasteiger partial charge in [0.15, 0.2) is 0 Å². The van der Waals surface area contributed by atoms with Crippen molar-refractivity contribution in [3.8, 4) is 0 Å². The molecule has 174 valence electrons. The summed E-state index contributed by atoms with van der Waals surface area (Å²) in [6.45, 7) is 15.9. The molecule has 0 radical (unpaired) electrons. The molecule has 0 spiro atoms. The third-order valence-electron chi connectivity index (χ3n) is 5.87. The van der Waals surface area contributed by atoms with Crippen LogP contribution in [0.25, 0.3) is 0 Å². The van der Waals surface area contributed by atoms with Crippen LogP contribution in [-0.4, -0.2) is 73.3 Å². The lowest BCUT2D eigenvalue weighted by atomic mass is 9.88. The molecule has 31 heavy (non-hydrogen) atoms. The van der Waals surface area contributed by atoms with E-state index in [0.29, 0.717) is 0 Å². The van der Waals surface area contributed by atoms with Crippen molar-refractivity contribution < 1.29 is 27.3 Å². The van der Waals surface area contributed by atoms with E-state index in [0.717, 1.165) is 16.1 Å². The Kier molecular flexibility index (Phi) is 6.34. The predicted molar refractivity (Wildman–Crippen MR) is 121 cm³/mol. The van der Waals surface area contributed by atoms with Gasteiger partial charge in [-0.25, -0.2) is 13.2 Å². The summed E-state index contributed by atoms with van der Waals surface area (Å²) in [7, 11) is -4.30. The number of hydrogen-bond acceptors (Lipinski definition) is 7. The average Bonchev–Trinajstić information content (AvgIpc) is 3.16. The molecule has 1 amide bonds. The zero-order valence-electron chi connectivity index (χ0n) is 19.6.